The summed E-state index contributed by atoms with van der Waals surface area (Å²) < 4.78 is 54.1. The average molecular weight is 443 g/mol. The molecule has 0 fully saturated rings. The molecule has 0 radical (unpaired) electrons. The summed E-state index contributed by atoms with van der Waals surface area (Å²) in [5, 5.41) is 0. The Morgan fingerprint density at radius 2 is 0.931 bits per heavy atom. The van der Waals surface area contributed by atoms with Crippen molar-refractivity contribution in [2.45, 2.75) is 39.9 Å². The van der Waals surface area contributed by atoms with Gasteiger partial charge >= 0.3 is 0 Å². The molecule has 0 aromatic heterocycles. The lowest BCUT2D eigenvalue weighted by Gasteiger charge is -2.22. The summed E-state index contributed by atoms with van der Waals surface area (Å²) in [6.45, 7) is 16.6. The van der Waals surface area contributed by atoms with Crippen molar-refractivity contribution in [3.63, 3.8) is 0 Å². The van der Waals surface area contributed by atoms with Gasteiger partial charge in [-0.2, -0.15) is 0 Å². The molecule has 0 aliphatic carbocycles. The van der Waals surface area contributed by atoms with Gasteiger partial charge in [-0.3, -0.25) is 4.57 Å². The minimum atomic E-state index is -3.24. The van der Waals surface area contributed by atoms with Gasteiger partial charge in [-0.1, -0.05) is 0 Å². The van der Waals surface area contributed by atoms with Crippen LogP contribution in [0.2, 0.25) is 0 Å². The lowest BCUT2D eigenvalue weighted by Crippen LogP contribution is -2.15. The SMILES string of the molecule is [CH2-]P(=O)(OCCOCCOCCOCCOCCOCCOC(C)C)OC(C)C. The van der Waals surface area contributed by atoms with E-state index in [0.29, 0.717) is 72.7 Å². The molecule has 0 heterocycles. The van der Waals surface area contributed by atoms with E-state index in [1.54, 1.807) is 13.8 Å². The van der Waals surface area contributed by atoms with Gasteiger partial charge in [0.25, 0.3) is 0 Å². The van der Waals surface area contributed by atoms with Gasteiger partial charge in [-0.25, -0.2) is 6.66 Å². The first kappa shape index (κ1) is 28.9. The van der Waals surface area contributed by atoms with Crippen LogP contribution in [0.4, 0.5) is 0 Å². The van der Waals surface area contributed by atoms with Gasteiger partial charge in [-0.15, -0.1) is 0 Å². The molecule has 0 amide bonds. The highest BCUT2D eigenvalue weighted by Crippen LogP contribution is 2.47. The molecule has 0 saturated heterocycles. The summed E-state index contributed by atoms with van der Waals surface area (Å²) in [5.74, 6) is 0. The maximum absolute atomic E-state index is 11.7. The zero-order valence-electron chi connectivity index (χ0n) is 18.5. The van der Waals surface area contributed by atoms with Crippen LogP contribution in [0, 0.1) is 6.66 Å². The predicted molar refractivity (Wildman–Crippen MR) is 110 cm³/mol. The van der Waals surface area contributed by atoms with Crippen molar-refractivity contribution in [3.8, 4) is 0 Å². The molecular formula is C19H40O9P-. The van der Waals surface area contributed by atoms with Crippen LogP contribution in [0.1, 0.15) is 27.7 Å². The van der Waals surface area contributed by atoms with Gasteiger partial charge in [-0.05, 0) is 27.7 Å². The van der Waals surface area contributed by atoms with Gasteiger partial charge in [0.05, 0.1) is 91.5 Å². The third-order valence-corrected chi connectivity index (χ3v) is 4.37. The monoisotopic (exact) mass is 443 g/mol. The molecule has 0 aromatic carbocycles. The fourth-order valence-corrected chi connectivity index (χ4v) is 2.97. The number of hydrogen-bond donors (Lipinski definition) is 0. The summed E-state index contributed by atoms with van der Waals surface area (Å²) in [5.41, 5.74) is 0. The van der Waals surface area contributed by atoms with Crippen molar-refractivity contribution in [1.82, 2.24) is 0 Å². The van der Waals surface area contributed by atoms with Crippen LogP contribution >= 0.6 is 7.60 Å². The van der Waals surface area contributed by atoms with E-state index in [9.17, 15) is 4.57 Å². The van der Waals surface area contributed by atoms with Crippen molar-refractivity contribution < 1.29 is 42.0 Å². The Bertz CT molecular complexity index is 394. The van der Waals surface area contributed by atoms with Crippen LogP contribution in [0.3, 0.4) is 0 Å². The lowest BCUT2D eigenvalue weighted by atomic mass is 10.5. The van der Waals surface area contributed by atoms with E-state index in [1.807, 2.05) is 13.8 Å². The average Bonchev–Trinajstić information content (AvgIpc) is 2.62. The second-order valence-corrected chi connectivity index (χ2v) is 8.27. The molecule has 0 saturated carbocycles. The van der Waals surface area contributed by atoms with Crippen LogP contribution in [0.15, 0.2) is 0 Å². The maximum Gasteiger partial charge on any atom is 0.184 e. The summed E-state index contributed by atoms with van der Waals surface area (Å²) in [4.78, 5) is 0. The van der Waals surface area contributed by atoms with E-state index in [4.69, 9.17) is 37.5 Å². The molecule has 0 rings (SSSR count). The quantitative estimate of drug-likeness (QED) is 0.142. The van der Waals surface area contributed by atoms with Crippen molar-refractivity contribution in [3.05, 3.63) is 6.66 Å². The van der Waals surface area contributed by atoms with Crippen LogP contribution in [-0.2, 0) is 42.0 Å². The molecule has 0 N–H and O–H groups in total. The molecule has 1 atom stereocenters. The summed E-state index contributed by atoms with van der Waals surface area (Å²) in [6.07, 6.45) is 0.0313. The highest BCUT2D eigenvalue weighted by molar-refractivity contribution is 7.55. The second kappa shape index (κ2) is 19.8. The van der Waals surface area contributed by atoms with Gasteiger partial charge < -0.3 is 37.5 Å². The van der Waals surface area contributed by atoms with Crippen LogP contribution in [-0.4, -0.2) is 91.5 Å². The fraction of sp³-hybridized carbons (Fsp3) is 0.947. The number of hydrogen-bond acceptors (Lipinski definition) is 9. The molecule has 0 aromatic rings. The van der Waals surface area contributed by atoms with Crippen molar-refractivity contribution >= 4 is 7.60 Å². The minimum Gasteiger partial charge on any atom is -0.377 e. The highest BCUT2D eigenvalue weighted by Gasteiger charge is 2.10. The van der Waals surface area contributed by atoms with E-state index in [-0.39, 0.29) is 18.8 Å². The third kappa shape index (κ3) is 24.1. The molecule has 9 nitrogen and oxygen atoms in total. The first-order valence-electron chi connectivity index (χ1n) is 10.1. The highest BCUT2D eigenvalue weighted by atomic mass is 31.2. The smallest absolute Gasteiger partial charge is 0.184 e. The molecule has 0 aliphatic rings. The zero-order valence-corrected chi connectivity index (χ0v) is 19.4. The number of rotatable bonds is 22. The Balaban J connectivity index is 3.16. The van der Waals surface area contributed by atoms with E-state index in [1.165, 1.54) is 0 Å². The first-order valence-corrected chi connectivity index (χ1v) is 11.8. The van der Waals surface area contributed by atoms with Crippen molar-refractivity contribution in [2.75, 3.05) is 79.3 Å². The zero-order chi connectivity index (χ0) is 21.8. The molecule has 0 bridgehead atoms. The molecule has 1 unspecified atom stereocenters. The molecule has 10 heteroatoms. The van der Waals surface area contributed by atoms with Crippen molar-refractivity contribution in [2.24, 2.45) is 0 Å². The van der Waals surface area contributed by atoms with Crippen molar-refractivity contribution in [1.29, 1.82) is 0 Å². The van der Waals surface area contributed by atoms with E-state index < -0.39 is 7.60 Å². The van der Waals surface area contributed by atoms with E-state index in [0.717, 1.165) is 0 Å². The van der Waals surface area contributed by atoms with E-state index >= 15 is 0 Å². The first-order chi connectivity index (χ1) is 13.8. The predicted octanol–water partition coefficient (Wildman–Crippen LogP) is 2.92. The van der Waals surface area contributed by atoms with Crippen LogP contribution in [0.25, 0.3) is 0 Å². The normalized spacial score (nSPS) is 14.0. The van der Waals surface area contributed by atoms with Crippen LogP contribution < -0.4 is 0 Å². The molecule has 0 aliphatic heterocycles. The molecule has 0 spiro atoms. The van der Waals surface area contributed by atoms with Gasteiger partial charge in [0.2, 0.25) is 0 Å². The Morgan fingerprint density at radius 1 is 0.586 bits per heavy atom. The van der Waals surface area contributed by atoms with Gasteiger partial charge in [0, 0.05) is 0 Å². The Morgan fingerprint density at radius 3 is 1.28 bits per heavy atom. The Hall–Kier alpha value is -0.0900. The van der Waals surface area contributed by atoms with Gasteiger partial charge in [0.15, 0.2) is 7.60 Å². The minimum absolute atomic E-state index is 0.160. The van der Waals surface area contributed by atoms with Gasteiger partial charge in [0.1, 0.15) is 0 Å². The summed E-state index contributed by atoms with van der Waals surface area (Å²) in [7, 11) is -3.24. The molecule has 29 heavy (non-hydrogen) atoms. The molecule has 176 valence electrons. The Labute approximate surface area is 176 Å². The maximum atomic E-state index is 11.7. The van der Waals surface area contributed by atoms with Crippen LogP contribution in [0.5, 0.6) is 0 Å². The Kier molecular flexibility index (Phi) is 19.8. The number of ether oxygens (including phenoxy) is 6. The molecular weight excluding hydrogens is 403 g/mol. The third-order valence-electron chi connectivity index (χ3n) is 3.05. The standard InChI is InChI=1S/C19H40O9P/c1-18(2)26-16-14-24-12-10-22-8-6-21-7-9-23-11-13-25-15-17-27-29(5,20)28-19(3)4/h18-19H,5-17H2,1-4H3/q-1. The van der Waals surface area contributed by atoms with E-state index in [2.05, 4.69) is 6.66 Å². The summed E-state index contributed by atoms with van der Waals surface area (Å²) >= 11 is 0. The fourth-order valence-electron chi connectivity index (χ4n) is 1.91. The summed E-state index contributed by atoms with van der Waals surface area (Å²) in [6, 6.07) is 0. The lowest BCUT2D eigenvalue weighted by molar-refractivity contribution is -0.0221. The second-order valence-electron chi connectivity index (χ2n) is 6.58. The largest absolute Gasteiger partial charge is 0.377 e. The topological polar surface area (TPSA) is 90.9 Å².